The zero-order chi connectivity index (χ0) is 27.1. The van der Waals surface area contributed by atoms with Crippen molar-refractivity contribution in [2.24, 2.45) is 44.6 Å². The van der Waals surface area contributed by atoms with Crippen LogP contribution in [0.2, 0.25) is 0 Å². The summed E-state index contributed by atoms with van der Waals surface area (Å²) in [5.74, 6) is -3.66. The minimum absolute atomic E-state index is 0.0618. The van der Waals surface area contributed by atoms with Gasteiger partial charge in [0.05, 0.1) is 6.04 Å². The van der Waals surface area contributed by atoms with Crippen molar-refractivity contribution in [2.75, 3.05) is 13.1 Å². The molecule has 0 bridgehead atoms. The van der Waals surface area contributed by atoms with E-state index in [1.165, 1.54) is 6.92 Å². The topological polar surface area (TPSA) is 279 Å². The molecule has 0 spiro atoms. The Bertz CT molecular complexity index is 778. The number of carbonyl (C=O) groups excluding carboxylic acids is 3. The molecule has 0 heterocycles. The molecule has 15 heteroatoms. The van der Waals surface area contributed by atoms with Crippen molar-refractivity contribution in [3.05, 3.63) is 0 Å². The van der Waals surface area contributed by atoms with E-state index in [9.17, 15) is 24.3 Å². The summed E-state index contributed by atoms with van der Waals surface area (Å²) >= 11 is 0. The number of carboxylic acid groups (broad SMARTS) is 1. The number of amides is 3. The monoisotopic (exact) mass is 500 g/mol. The van der Waals surface area contributed by atoms with E-state index in [1.807, 2.05) is 0 Å². The van der Waals surface area contributed by atoms with Gasteiger partial charge < -0.3 is 49.7 Å². The molecule has 0 aliphatic rings. The molecule has 0 aliphatic carbocycles. The second-order valence-corrected chi connectivity index (χ2v) is 8.36. The molecule has 4 unspecified atom stereocenters. The zero-order valence-corrected chi connectivity index (χ0v) is 20.5. The van der Waals surface area contributed by atoms with Gasteiger partial charge in [0.25, 0.3) is 0 Å². The Morgan fingerprint density at radius 3 is 1.74 bits per heavy atom. The van der Waals surface area contributed by atoms with Gasteiger partial charge in [-0.05, 0) is 38.5 Å². The molecule has 14 N–H and O–H groups in total. The molecule has 3 amide bonds. The molecule has 0 aromatic heterocycles. The van der Waals surface area contributed by atoms with E-state index >= 15 is 0 Å². The summed E-state index contributed by atoms with van der Waals surface area (Å²) in [6.45, 7) is 5.23. The quantitative estimate of drug-likeness (QED) is 0.0576. The van der Waals surface area contributed by atoms with Crippen LogP contribution in [0.3, 0.4) is 0 Å². The number of carbonyl (C=O) groups is 4. The van der Waals surface area contributed by atoms with Gasteiger partial charge in [-0.3, -0.25) is 24.4 Å². The maximum atomic E-state index is 12.8. The van der Waals surface area contributed by atoms with E-state index in [4.69, 9.17) is 28.7 Å². The van der Waals surface area contributed by atoms with E-state index in [-0.39, 0.29) is 30.8 Å². The summed E-state index contributed by atoms with van der Waals surface area (Å²) in [6, 6.07) is -4.13. The maximum absolute atomic E-state index is 12.8. The van der Waals surface area contributed by atoms with Crippen LogP contribution in [0.25, 0.3) is 0 Å². The predicted molar refractivity (Wildman–Crippen MR) is 132 cm³/mol. The van der Waals surface area contributed by atoms with Crippen LogP contribution in [-0.4, -0.2) is 78.0 Å². The van der Waals surface area contributed by atoms with Gasteiger partial charge in [-0.15, -0.1) is 0 Å². The van der Waals surface area contributed by atoms with Crippen molar-refractivity contribution in [2.45, 2.75) is 70.6 Å². The standard InChI is InChI=1S/C20H40N10O5/c1-10(2)14(18(34)35)30-17(33)13(7-5-9-27-20(24)25)29-15(31)11(3)28-16(32)12(21)6-4-8-26-19(22)23/h10-14H,4-9,21H2,1-3H3,(H,28,32)(H,29,31)(H,30,33)(H,34,35)(H4,22,23,26)(H4,24,25,27). The molecule has 0 saturated carbocycles. The number of nitrogens with zero attached hydrogens (tertiary/aromatic N) is 2. The normalized spacial score (nSPS) is 14.1. The first-order valence-electron chi connectivity index (χ1n) is 11.3. The highest BCUT2D eigenvalue weighted by Crippen LogP contribution is 2.06. The molecule has 4 atom stereocenters. The lowest BCUT2D eigenvalue weighted by Crippen LogP contribution is -2.57. The fraction of sp³-hybridized carbons (Fsp3) is 0.700. The van der Waals surface area contributed by atoms with Crippen molar-refractivity contribution in [1.82, 2.24) is 16.0 Å². The number of nitrogens with two attached hydrogens (primary N) is 5. The number of hydrogen-bond donors (Lipinski definition) is 9. The Morgan fingerprint density at radius 1 is 0.771 bits per heavy atom. The SMILES string of the molecule is CC(NC(=O)C(N)CCCN=C(N)N)C(=O)NC(CCCN=C(N)N)C(=O)NC(C(=O)O)C(C)C. The second-order valence-electron chi connectivity index (χ2n) is 8.36. The van der Waals surface area contributed by atoms with Gasteiger partial charge in [0.2, 0.25) is 17.7 Å². The summed E-state index contributed by atoms with van der Waals surface area (Å²) in [7, 11) is 0. The Hall–Kier alpha value is -3.62. The van der Waals surface area contributed by atoms with Crippen LogP contribution in [0.4, 0.5) is 0 Å². The van der Waals surface area contributed by atoms with E-state index < -0.39 is 47.9 Å². The van der Waals surface area contributed by atoms with Crippen molar-refractivity contribution in [3.8, 4) is 0 Å². The minimum Gasteiger partial charge on any atom is -0.480 e. The highest BCUT2D eigenvalue weighted by molar-refractivity contribution is 5.93. The van der Waals surface area contributed by atoms with Crippen LogP contribution in [0, 0.1) is 5.92 Å². The first-order valence-corrected chi connectivity index (χ1v) is 11.3. The van der Waals surface area contributed by atoms with Gasteiger partial charge in [0.15, 0.2) is 11.9 Å². The average Bonchev–Trinajstić information content (AvgIpc) is 2.75. The maximum Gasteiger partial charge on any atom is 0.326 e. The van der Waals surface area contributed by atoms with E-state index in [1.54, 1.807) is 13.8 Å². The Balaban J connectivity index is 5.11. The number of aliphatic imine (C=N–C) groups is 2. The highest BCUT2D eigenvalue weighted by Gasteiger charge is 2.29. The van der Waals surface area contributed by atoms with Gasteiger partial charge in [-0.1, -0.05) is 13.8 Å². The van der Waals surface area contributed by atoms with Gasteiger partial charge in [0.1, 0.15) is 18.1 Å². The van der Waals surface area contributed by atoms with E-state index in [0.29, 0.717) is 25.8 Å². The number of carboxylic acids is 1. The largest absolute Gasteiger partial charge is 0.480 e. The fourth-order valence-electron chi connectivity index (χ4n) is 2.87. The van der Waals surface area contributed by atoms with Gasteiger partial charge in [0, 0.05) is 13.1 Å². The van der Waals surface area contributed by atoms with Gasteiger partial charge in [-0.25, -0.2) is 4.79 Å². The number of aliphatic carboxylic acids is 1. The molecule has 15 nitrogen and oxygen atoms in total. The summed E-state index contributed by atoms with van der Waals surface area (Å²) < 4.78 is 0. The average molecular weight is 501 g/mol. The van der Waals surface area contributed by atoms with Crippen LogP contribution in [0.5, 0.6) is 0 Å². The van der Waals surface area contributed by atoms with Crippen LogP contribution in [0.1, 0.15) is 46.5 Å². The van der Waals surface area contributed by atoms with Gasteiger partial charge >= 0.3 is 5.97 Å². The predicted octanol–water partition coefficient (Wildman–Crippen LogP) is -3.36. The van der Waals surface area contributed by atoms with Crippen LogP contribution in [0.15, 0.2) is 9.98 Å². The van der Waals surface area contributed by atoms with Crippen LogP contribution < -0.4 is 44.6 Å². The molecule has 0 rings (SSSR count). The Kier molecular flexibility index (Phi) is 14.4. The smallest absolute Gasteiger partial charge is 0.326 e. The first kappa shape index (κ1) is 31.4. The molecule has 0 radical (unpaired) electrons. The molecular weight excluding hydrogens is 460 g/mol. The molecule has 0 saturated heterocycles. The Labute approximate surface area is 204 Å². The molecule has 0 fully saturated rings. The molecular formula is C20H40N10O5. The lowest BCUT2D eigenvalue weighted by molar-refractivity contribution is -0.143. The third-order valence-electron chi connectivity index (χ3n) is 4.87. The summed E-state index contributed by atoms with van der Waals surface area (Å²) in [5, 5.41) is 16.8. The van der Waals surface area contributed by atoms with Crippen molar-refractivity contribution < 1.29 is 24.3 Å². The lowest BCUT2D eigenvalue weighted by atomic mass is 10.0. The summed E-state index contributed by atoms with van der Waals surface area (Å²) in [4.78, 5) is 56.8. The second kappa shape index (κ2) is 16.1. The Morgan fingerprint density at radius 2 is 1.29 bits per heavy atom. The zero-order valence-electron chi connectivity index (χ0n) is 20.5. The van der Waals surface area contributed by atoms with E-state index in [0.717, 1.165) is 0 Å². The van der Waals surface area contributed by atoms with Crippen LogP contribution in [-0.2, 0) is 19.2 Å². The van der Waals surface area contributed by atoms with Crippen molar-refractivity contribution in [3.63, 3.8) is 0 Å². The lowest BCUT2D eigenvalue weighted by Gasteiger charge is -2.25. The number of nitrogens with one attached hydrogen (secondary N) is 3. The molecule has 200 valence electrons. The molecule has 35 heavy (non-hydrogen) atoms. The van der Waals surface area contributed by atoms with E-state index in [2.05, 4.69) is 25.9 Å². The number of rotatable bonds is 16. The number of guanidine groups is 2. The third-order valence-corrected chi connectivity index (χ3v) is 4.87. The first-order chi connectivity index (χ1) is 16.3. The van der Waals surface area contributed by atoms with Crippen molar-refractivity contribution in [1.29, 1.82) is 0 Å². The molecule has 0 aromatic rings. The third kappa shape index (κ3) is 13.6. The fourth-order valence-corrected chi connectivity index (χ4v) is 2.87. The molecule has 0 aliphatic heterocycles. The van der Waals surface area contributed by atoms with Crippen LogP contribution >= 0.6 is 0 Å². The van der Waals surface area contributed by atoms with Crippen molar-refractivity contribution >= 4 is 35.6 Å². The van der Waals surface area contributed by atoms with Gasteiger partial charge in [-0.2, -0.15) is 0 Å². The molecule has 0 aromatic carbocycles. The highest BCUT2D eigenvalue weighted by atomic mass is 16.4. The summed E-state index contributed by atoms with van der Waals surface area (Å²) in [5.41, 5.74) is 26.9. The minimum atomic E-state index is -1.20. The summed E-state index contributed by atoms with van der Waals surface area (Å²) in [6.07, 6.45) is 1.21. The number of hydrogen-bond acceptors (Lipinski definition) is 7.